The van der Waals surface area contributed by atoms with Crippen LogP contribution in [0.4, 0.5) is 49.5 Å². The summed E-state index contributed by atoms with van der Waals surface area (Å²) in [5.41, 5.74) is 7.53. The number of benzene rings is 2. The van der Waals surface area contributed by atoms with Gasteiger partial charge in [0.15, 0.2) is 11.6 Å². The van der Waals surface area contributed by atoms with Crippen LogP contribution in [0.3, 0.4) is 0 Å². The SMILES string of the molecule is C.C.C.COC(=O)c1ccc(CN(c2ccncn2)c2cnccn2)c(F)c1.Ic1cnccn1.Nc1ccncn1.O=C(NO)c1ccc(CN(c2ccncn2)c2cnccn2)c(F)c1.c1cc(Nc2cnccn2)ncn1. The molecule has 0 bridgehead atoms. The van der Waals surface area contributed by atoms with E-state index in [9.17, 15) is 18.4 Å². The van der Waals surface area contributed by atoms with Crippen LogP contribution in [0.2, 0.25) is 0 Å². The first-order valence-corrected chi connectivity index (χ1v) is 23.1. The number of carbonyl (C=O) groups is 2. The molecule has 0 saturated heterocycles. The number of hydrogen-bond acceptors (Lipinski definition) is 24. The Kier molecular flexibility index (Phi) is 28.2. The first-order valence-electron chi connectivity index (χ1n) is 22.0. The van der Waals surface area contributed by atoms with Crippen LogP contribution < -0.4 is 26.3 Å². The lowest BCUT2D eigenvalue weighted by molar-refractivity contribution is 0.0599. The minimum Gasteiger partial charge on any atom is -0.465 e. The molecule has 10 aromatic rings. The third kappa shape index (κ3) is 21.1. The highest BCUT2D eigenvalue weighted by atomic mass is 127. The molecule has 8 aromatic heterocycles. The highest BCUT2D eigenvalue weighted by Crippen LogP contribution is 2.26. The van der Waals surface area contributed by atoms with Gasteiger partial charge in [0.25, 0.3) is 5.91 Å². The lowest BCUT2D eigenvalue weighted by Crippen LogP contribution is -2.21. The fourth-order valence-corrected chi connectivity index (χ4v) is 6.21. The van der Waals surface area contributed by atoms with E-state index in [-0.39, 0.29) is 46.5 Å². The number of rotatable bonds is 12. The van der Waals surface area contributed by atoms with E-state index in [2.05, 4.69) is 112 Å². The molecule has 5 N–H and O–H groups in total. The van der Waals surface area contributed by atoms with Crippen LogP contribution in [0.25, 0.3) is 0 Å². The van der Waals surface area contributed by atoms with Gasteiger partial charge in [-0.3, -0.25) is 29.9 Å². The van der Waals surface area contributed by atoms with E-state index >= 15 is 0 Å². The first kappa shape index (κ1) is 64.1. The first-order chi connectivity index (χ1) is 37.6. The van der Waals surface area contributed by atoms with E-state index in [1.165, 1.54) is 80.8 Å². The molecule has 10 rings (SSSR count). The minimum absolute atomic E-state index is 0. The molecule has 28 heteroatoms. The van der Waals surface area contributed by atoms with Crippen LogP contribution in [0.5, 0.6) is 0 Å². The topological polar surface area (TPSA) is 326 Å². The Morgan fingerprint density at radius 2 is 1.00 bits per heavy atom. The Bertz CT molecular complexity index is 3000. The van der Waals surface area contributed by atoms with E-state index in [1.54, 1.807) is 115 Å². The molecule has 80 heavy (non-hydrogen) atoms. The molecule has 2 aromatic carbocycles. The molecule has 0 atom stereocenters. The van der Waals surface area contributed by atoms with E-state index in [0.717, 1.165) is 15.8 Å². The number of hydroxylamine groups is 1. The summed E-state index contributed by atoms with van der Waals surface area (Å²) in [5, 5.41) is 11.6. The predicted octanol–water partition coefficient (Wildman–Crippen LogP) is 8.45. The van der Waals surface area contributed by atoms with Crippen LogP contribution in [0.15, 0.2) is 185 Å². The maximum absolute atomic E-state index is 14.4. The van der Waals surface area contributed by atoms with Gasteiger partial charge in [-0.15, -0.1) is 0 Å². The smallest absolute Gasteiger partial charge is 0.337 e. The number of carbonyl (C=O) groups excluding carboxylic acids is 2. The summed E-state index contributed by atoms with van der Waals surface area (Å²) in [6.07, 6.45) is 31.2. The quantitative estimate of drug-likeness (QED) is 0.0385. The molecule has 0 unspecified atom stereocenters. The molecule has 0 aliphatic rings. The van der Waals surface area contributed by atoms with Crippen molar-refractivity contribution in [2.75, 3.05) is 28.0 Å². The fraction of sp³-hybridized carbons (Fsp3) is 0.115. The van der Waals surface area contributed by atoms with Gasteiger partial charge in [-0.05, 0) is 71.1 Å². The van der Waals surface area contributed by atoms with E-state index in [4.69, 9.17) is 10.9 Å². The molecule has 25 nitrogen and oxygen atoms in total. The zero-order valence-corrected chi connectivity index (χ0v) is 42.3. The molecule has 0 aliphatic heterocycles. The van der Waals surface area contributed by atoms with Crippen molar-refractivity contribution in [1.29, 1.82) is 0 Å². The van der Waals surface area contributed by atoms with E-state index in [1.807, 2.05) is 0 Å². The summed E-state index contributed by atoms with van der Waals surface area (Å²) in [6, 6.07) is 14.9. The van der Waals surface area contributed by atoms with Crippen molar-refractivity contribution in [3.05, 3.63) is 223 Å². The molecular weight excluding hydrogens is 1150 g/mol. The van der Waals surface area contributed by atoms with Crippen LogP contribution in [0, 0.1) is 15.3 Å². The van der Waals surface area contributed by atoms with Gasteiger partial charge < -0.3 is 25.6 Å². The van der Waals surface area contributed by atoms with Gasteiger partial charge in [0.05, 0.1) is 50.6 Å². The van der Waals surface area contributed by atoms with Gasteiger partial charge in [0.2, 0.25) is 0 Å². The van der Waals surface area contributed by atoms with Crippen LogP contribution in [-0.4, -0.2) is 104 Å². The Labute approximate surface area is 472 Å². The van der Waals surface area contributed by atoms with Crippen LogP contribution in [0.1, 0.15) is 54.1 Å². The summed E-state index contributed by atoms with van der Waals surface area (Å²) in [7, 11) is 1.25. The summed E-state index contributed by atoms with van der Waals surface area (Å²) in [5.74, 6) is 1.45. The summed E-state index contributed by atoms with van der Waals surface area (Å²) in [4.78, 5) is 89.6. The maximum Gasteiger partial charge on any atom is 0.337 e. The summed E-state index contributed by atoms with van der Waals surface area (Å²) < 4.78 is 34.3. The number of anilines is 7. The molecule has 1 amide bonds. The number of ether oxygens (including phenoxy) is 1. The average molecular weight is 1200 g/mol. The van der Waals surface area contributed by atoms with Crippen molar-refractivity contribution in [3.8, 4) is 0 Å². The van der Waals surface area contributed by atoms with Crippen LogP contribution in [-0.2, 0) is 17.8 Å². The van der Waals surface area contributed by atoms with Crippen molar-refractivity contribution in [2.45, 2.75) is 35.4 Å². The number of nitrogens with one attached hydrogen (secondary N) is 2. The van der Waals surface area contributed by atoms with Crippen LogP contribution >= 0.6 is 22.6 Å². The second-order valence-electron chi connectivity index (χ2n) is 14.5. The number of amides is 1. The second-order valence-corrected chi connectivity index (χ2v) is 15.6. The number of halogens is 3. The number of esters is 1. The number of nitrogen functional groups attached to an aromatic ring is 1. The zero-order valence-electron chi connectivity index (χ0n) is 40.2. The van der Waals surface area contributed by atoms with Gasteiger partial charge in [-0.2, -0.15) is 0 Å². The molecule has 0 spiro atoms. The third-order valence-corrected chi connectivity index (χ3v) is 9.98. The van der Waals surface area contributed by atoms with Crippen molar-refractivity contribution in [2.24, 2.45) is 0 Å². The summed E-state index contributed by atoms with van der Waals surface area (Å²) in [6.45, 7) is 0.269. The highest BCUT2D eigenvalue weighted by molar-refractivity contribution is 14.1. The normalized spacial score (nSPS) is 9.51. The Morgan fingerprint density at radius 3 is 1.36 bits per heavy atom. The Morgan fingerprint density at radius 1 is 0.525 bits per heavy atom. The lowest BCUT2D eigenvalue weighted by Gasteiger charge is -2.22. The fourth-order valence-electron chi connectivity index (χ4n) is 5.89. The second kappa shape index (κ2) is 35.2. The largest absolute Gasteiger partial charge is 0.465 e. The van der Waals surface area contributed by atoms with Crippen molar-refractivity contribution >= 4 is 75.2 Å². The van der Waals surface area contributed by atoms with Gasteiger partial charge in [-0.1, -0.05) is 34.4 Å². The third-order valence-electron chi connectivity index (χ3n) is 9.42. The molecule has 0 radical (unpaired) electrons. The standard InChI is InChI=1S/C17H14FN5O2.C16H13FN6O2.C8H7N5.C4H3IN2.C4H5N3.3CH4/c1-25-17(24)12-2-3-13(14(18)8-12)10-23(15-4-5-20-11-22-15)16-9-19-6-7-21-16;17-13-7-11(16(24)22-25)1-2-12(13)9-23(14-3-4-19-10-21-14)15-8-18-5-6-20-15;1-2-10-6-12-7(1)13-8-5-9-3-4-11-8;5-4-3-6-1-2-7-4;5-4-1-2-6-3-7-4;;;/h2-9,11H,10H2,1H3;1-8,10,25H,9H2,(H,22,24);1-6H,(H,10,11,12,13);1-3H;1-3H,(H2,5,6,7);3*1H4. The monoisotopic (exact) mass is 1200 g/mol. The molecule has 0 saturated carbocycles. The Balaban J connectivity index is 0.000000283. The number of nitrogens with two attached hydrogens (primary N) is 1. The number of aromatic nitrogens is 16. The number of nitrogens with zero attached hydrogens (tertiary/aromatic N) is 18. The molecule has 0 fully saturated rings. The highest BCUT2D eigenvalue weighted by Gasteiger charge is 2.18. The zero-order chi connectivity index (χ0) is 54.5. The van der Waals surface area contributed by atoms with Gasteiger partial charge in [-0.25, -0.2) is 78.9 Å². The van der Waals surface area contributed by atoms with Crippen molar-refractivity contribution in [1.82, 2.24) is 85.2 Å². The van der Waals surface area contributed by atoms with Crippen molar-refractivity contribution in [3.63, 3.8) is 0 Å². The Hall–Kier alpha value is -10.2. The molecular formula is C52H54F2IN21O4. The molecule has 8 heterocycles. The van der Waals surface area contributed by atoms with E-state index < -0.39 is 23.5 Å². The molecule has 412 valence electrons. The number of hydrogen-bond donors (Lipinski definition) is 4. The maximum atomic E-state index is 14.4. The minimum atomic E-state index is -0.785. The van der Waals surface area contributed by atoms with Gasteiger partial charge in [0, 0.05) is 91.1 Å². The summed E-state index contributed by atoms with van der Waals surface area (Å²) >= 11 is 2.11. The van der Waals surface area contributed by atoms with Crippen molar-refractivity contribution < 1.29 is 28.3 Å². The average Bonchev–Trinajstić information content (AvgIpc) is 3.49. The van der Waals surface area contributed by atoms with Gasteiger partial charge in [0.1, 0.15) is 69.7 Å². The van der Waals surface area contributed by atoms with E-state index in [0.29, 0.717) is 51.9 Å². The lowest BCUT2D eigenvalue weighted by atomic mass is 10.1. The number of methoxy groups -OCH3 is 1. The van der Waals surface area contributed by atoms with Gasteiger partial charge >= 0.3 is 5.97 Å². The predicted molar refractivity (Wildman–Crippen MR) is 302 cm³/mol. The molecule has 0 aliphatic carbocycles.